The van der Waals surface area contributed by atoms with Crippen molar-refractivity contribution in [3.8, 4) is 16.3 Å². The fourth-order valence-electron chi connectivity index (χ4n) is 1.80. The Bertz CT molecular complexity index is 850. The number of nitrogens with one attached hydrogen (secondary N) is 1. The minimum absolute atomic E-state index is 0.0182. The zero-order valence-corrected chi connectivity index (χ0v) is 12.6. The van der Waals surface area contributed by atoms with Crippen LogP contribution >= 0.6 is 11.3 Å². The van der Waals surface area contributed by atoms with Crippen molar-refractivity contribution in [2.24, 2.45) is 0 Å². The number of benzene rings is 1. The molecule has 0 amide bonds. The number of nitrogens with two attached hydrogens (primary N) is 1. The largest absolute Gasteiger partial charge is 0.476 e. The number of para-hydroxylation sites is 2. The van der Waals surface area contributed by atoms with Crippen LogP contribution in [-0.4, -0.2) is 21.0 Å². The number of carboxylic acids is 1. The first-order valence-corrected chi connectivity index (χ1v) is 7.44. The Hall–Kier alpha value is -3.13. The Morgan fingerprint density at radius 2 is 2.13 bits per heavy atom. The van der Waals surface area contributed by atoms with Gasteiger partial charge in [0.05, 0.1) is 5.69 Å². The lowest BCUT2D eigenvalue weighted by Gasteiger charge is -2.09. The molecule has 8 heteroatoms. The van der Waals surface area contributed by atoms with Crippen LogP contribution in [0, 0.1) is 0 Å². The van der Waals surface area contributed by atoms with E-state index < -0.39 is 5.97 Å². The van der Waals surface area contributed by atoms with E-state index in [1.807, 2.05) is 6.07 Å². The summed E-state index contributed by atoms with van der Waals surface area (Å²) in [5, 5.41) is 11.0. The number of aromatic nitrogens is 2. The number of nitrogens with zero attached hydrogens (tertiary/aromatic N) is 2. The van der Waals surface area contributed by atoms with Crippen molar-refractivity contribution in [2.75, 3.05) is 11.2 Å². The smallest absolute Gasteiger partial charge is 0.355 e. The van der Waals surface area contributed by atoms with Crippen molar-refractivity contribution >= 4 is 28.8 Å². The van der Waals surface area contributed by atoms with Crippen LogP contribution in [0.5, 0.6) is 5.75 Å². The highest BCUT2D eigenvalue weighted by atomic mass is 32.1. The van der Waals surface area contributed by atoms with Gasteiger partial charge in [0.15, 0.2) is 17.3 Å². The molecule has 0 fully saturated rings. The number of rotatable bonds is 5. The van der Waals surface area contributed by atoms with E-state index in [1.54, 1.807) is 36.5 Å². The van der Waals surface area contributed by atoms with Gasteiger partial charge in [0, 0.05) is 17.1 Å². The molecule has 3 aromatic rings. The molecule has 0 saturated carbocycles. The molecule has 2 aromatic heterocycles. The van der Waals surface area contributed by atoms with E-state index in [1.165, 1.54) is 16.7 Å². The molecule has 2 heterocycles. The van der Waals surface area contributed by atoms with Crippen molar-refractivity contribution in [1.82, 2.24) is 9.97 Å². The van der Waals surface area contributed by atoms with Gasteiger partial charge < -0.3 is 15.7 Å². The summed E-state index contributed by atoms with van der Waals surface area (Å²) in [4.78, 5) is 24.5. The molecule has 7 nitrogen and oxygen atoms in total. The predicted molar refractivity (Wildman–Crippen MR) is 87.4 cm³/mol. The van der Waals surface area contributed by atoms with Gasteiger partial charge >= 0.3 is 5.97 Å². The van der Waals surface area contributed by atoms with Crippen LogP contribution in [0.4, 0.5) is 11.5 Å². The third-order valence-electron chi connectivity index (χ3n) is 2.91. The summed E-state index contributed by atoms with van der Waals surface area (Å²) in [6.45, 7) is 0. The average molecular weight is 328 g/mol. The van der Waals surface area contributed by atoms with Crippen LogP contribution in [0.15, 0.2) is 48.0 Å². The normalized spacial score (nSPS) is 10.3. The van der Waals surface area contributed by atoms with Crippen molar-refractivity contribution in [1.29, 1.82) is 0 Å². The summed E-state index contributed by atoms with van der Waals surface area (Å²) in [6, 6.07) is 10.5. The zero-order valence-electron chi connectivity index (χ0n) is 11.8. The highest BCUT2D eigenvalue weighted by Gasteiger charge is 2.11. The van der Waals surface area contributed by atoms with Crippen LogP contribution < -0.4 is 16.1 Å². The van der Waals surface area contributed by atoms with Crippen molar-refractivity contribution in [2.45, 2.75) is 0 Å². The summed E-state index contributed by atoms with van der Waals surface area (Å²) < 4.78 is 0. The lowest BCUT2D eigenvalue weighted by atomic mass is 10.3. The first kappa shape index (κ1) is 14.8. The molecule has 0 saturated heterocycles. The maximum absolute atomic E-state index is 10.9. The Kier molecular flexibility index (Phi) is 4.07. The molecule has 0 unspecified atom stereocenters. The highest BCUT2D eigenvalue weighted by Crippen LogP contribution is 2.26. The monoisotopic (exact) mass is 328 g/mol. The minimum Gasteiger partial charge on any atom is -0.476 e. The molecule has 0 aliphatic heterocycles. The van der Waals surface area contributed by atoms with Crippen molar-refractivity contribution in [3.05, 3.63) is 53.7 Å². The average Bonchev–Trinajstić information content (AvgIpc) is 3.05. The number of thiazole rings is 1. The number of carbonyl (C=O) groups is 1. The fourth-order valence-corrected chi connectivity index (χ4v) is 2.60. The number of pyridine rings is 1. The number of carboxylic acid groups (broad SMARTS) is 1. The Labute approximate surface area is 135 Å². The van der Waals surface area contributed by atoms with E-state index in [9.17, 15) is 4.79 Å². The third-order valence-corrected chi connectivity index (χ3v) is 3.81. The molecule has 0 aliphatic carbocycles. The van der Waals surface area contributed by atoms with Crippen molar-refractivity contribution < 1.29 is 14.7 Å². The van der Waals surface area contributed by atoms with Crippen LogP contribution in [0.2, 0.25) is 0 Å². The Balaban J connectivity index is 1.77. The van der Waals surface area contributed by atoms with Gasteiger partial charge in [0.1, 0.15) is 5.01 Å². The molecular weight excluding hydrogens is 316 g/mol. The highest BCUT2D eigenvalue weighted by molar-refractivity contribution is 7.13. The molecule has 0 radical (unpaired) electrons. The minimum atomic E-state index is -1.05. The Morgan fingerprint density at radius 1 is 1.30 bits per heavy atom. The second kappa shape index (κ2) is 6.32. The molecule has 23 heavy (non-hydrogen) atoms. The second-order valence-electron chi connectivity index (χ2n) is 4.51. The number of aromatic carboxylic acids is 1. The standard InChI is InChI=1S/C15H12N4O3S/c16-10-3-1-2-4-12(10)22-19-13-7-9(5-6-17-13)14-18-11(8-23-14)15(20)21/h1-8H,16H2,(H,17,19)(H,20,21). The lowest BCUT2D eigenvalue weighted by Crippen LogP contribution is -2.07. The van der Waals surface area contributed by atoms with E-state index in [0.717, 1.165) is 5.56 Å². The van der Waals surface area contributed by atoms with Gasteiger partial charge in [-0.05, 0) is 24.3 Å². The van der Waals surface area contributed by atoms with Gasteiger partial charge in [-0.3, -0.25) is 0 Å². The molecule has 0 bridgehead atoms. The summed E-state index contributed by atoms with van der Waals surface area (Å²) in [5.41, 5.74) is 9.76. The summed E-state index contributed by atoms with van der Waals surface area (Å²) in [5.74, 6) is -0.109. The first-order valence-electron chi connectivity index (χ1n) is 6.56. The van der Waals surface area contributed by atoms with E-state index in [0.29, 0.717) is 22.3 Å². The van der Waals surface area contributed by atoms with Gasteiger partial charge in [0.2, 0.25) is 0 Å². The molecule has 4 N–H and O–H groups in total. The summed E-state index contributed by atoms with van der Waals surface area (Å²) in [7, 11) is 0. The third kappa shape index (κ3) is 3.38. The maximum atomic E-state index is 10.9. The molecule has 0 atom stereocenters. The number of nitrogen functional groups attached to an aromatic ring is 1. The molecule has 3 rings (SSSR count). The van der Waals surface area contributed by atoms with Gasteiger partial charge in [-0.25, -0.2) is 20.2 Å². The summed E-state index contributed by atoms with van der Waals surface area (Å²) in [6.07, 6.45) is 1.58. The topological polar surface area (TPSA) is 110 Å². The second-order valence-corrected chi connectivity index (χ2v) is 5.37. The number of hydrogen-bond donors (Lipinski definition) is 3. The van der Waals surface area contributed by atoms with Gasteiger partial charge in [-0.1, -0.05) is 12.1 Å². The molecule has 1 aromatic carbocycles. The lowest BCUT2D eigenvalue weighted by molar-refractivity contribution is 0.0691. The van der Waals surface area contributed by atoms with Gasteiger partial charge in [-0.15, -0.1) is 11.3 Å². The SMILES string of the molecule is Nc1ccccc1ONc1cc(-c2nc(C(=O)O)cs2)ccn1. The molecule has 116 valence electrons. The first-order chi connectivity index (χ1) is 11.1. The van der Waals surface area contributed by atoms with E-state index in [-0.39, 0.29) is 5.69 Å². The Morgan fingerprint density at radius 3 is 2.87 bits per heavy atom. The number of anilines is 2. The van der Waals surface area contributed by atoms with Gasteiger partial charge in [-0.2, -0.15) is 0 Å². The zero-order chi connectivity index (χ0) is 16.2. The molecular formula is C15H12N4O3S. The maximum Gasteiger partial charge on any atom is 0.355 e. The van der Waals surface area contributed by atoms with E-state index in [4.69, 9.17) is 15.7 Å². The van der Waals surface area contributed by atoms with Gasteiger partial charge in [0.25, 0.3) is 0 Å². The molecule has 0 aliphatic rings. The number of hydrogen-bond acceptors (Lipinski definition) is 7. The van der Waals surface area contributed by atoms with Crippen molar-refractivity contribution in [3.63, 3.8) is 0 Å². The summed E-state index contributed by atoms with van der Waals surface area (Å²) >= 11 is 1.25. The predicted octanol–water partition coefficient (Wildman–Crippen LogP) is 2.89. The van der Waals surface area contributed by atoms with Crippen LogP contribution in [-0.2, 0) is 0 Å². The van der Waals surface area contributed by atoms with Crippen LogP contribution in [0.25, 0.3) is 10.6 Å². The van der Waals surface area contributed by atoms with E-state index >= 15 is 0 Å². The molecule has 0 spiro atoms. The van der Waals surface area contributed by atoms with Crippen LogP contribution in [0.1, 0.15) is 10.5 Å². The fraction of sp³-hybridized carbons (Fsp3) is 0. The van der Waals surface area contributed by atoms with Crippen LogP contribution in [0.3, 0.4) is 0 Å². The van der Waals surface area contributed by atoms with E-state index in [2.05, 4.69) is 15.4 Å². The quantitative estimate of drug-likeness (QED) is 0.488.